The highest BCUT2D eigenvalue weighted by Gasteiger charge is 2.63. The summed E-state index contributed by atoms with van der Waals surface area (Å²) in [4.78, 5) is 23.5. The molecule has 4 atom stereocenters. The van der Waals surface area contributed by atoms with Gasteiger partial charge in [0.1, 0.15) is 12.2 Å². The molecule has 22 heavy (non-hydrogen) atoms. The molecule has 7 heteroatoms. The van der Waals surface area contributed by atoms with Crippen LogP contribution in [0.2, 0.25) is 0 Å². The summed E-state index contributed by atoms with van der Waals surface area (Å²) in [7, 11) is 0. The highest BCUT2D eigenvalue weighted by atomic mass is 79.9. The quantitative estimate of drug-likeness (QED) is 0.762. The minimum Gasteiger partial charge on any atom is -0.456 e. The lowest BCUT2D eigenvalue weighted by Gasteiger charge is -2.32. The van der Waals surface area contributed by atoms with Gasteiger partial charge in [-0.05, 0) is 17.7 Å². The number of benzene rings is 1. The van der Waals surface area contributed by atoms with E-state index in [4.69, 9.17) is 18.9 Å². The largest absolute Gasteiger partial charge is 0.509 e. The van der Waals surface area contributed by atoms with Crippen molar-refractivity contribution in [2.24, 2.45) is 0 Å². The van der Waals surface area contributed by atoms with E-state index in [0.29, 0.717) is 6.42 Å². The van der Waals surface area contributed by atoms with Crippen LogP contribution in [-0.4, -0.2) is 36.0 Å². The van der Waals surface area contributed by atoms with Crippen LogP contribution in [0.3, 0.4) is 0 Å². The first-order chi connectivity index (χ1) is 10.6. The van der Waals surface area contributed by atoms with Crippen molar-refractivity contribution in [1.82, 2.24) is 0 Å². The fourth-order valence-corrected chi connectivity index (χ4v) is 3.72. The molecule has 2 saturated heterocycles. The van der Waals surface area contributed by atoms with Gasteiger partial charge in [-0.15, -0.1) is 0 Å². The molecule has 0 N–H and O–H groups in total. The van der Waals surface area contributed by atoms with E-state index in [0.717, 1.165) is 10.0 Å². The van der Waals surface area contributed by atoms with Crippen LogP contribution in [0.4, 0.5) is 4.79 Å². The summed E-state index contributed by atoms with van der Waals surface area (Å²) in [6.45, 7) is 0.285. The Morgan fingerprint density at radius 1 is 1.18 bits per heavy atom. The van der Waals surface area contributed by atoms with Gasteiger partial charge in [0.2, 0.25) is 0 Å². The Morgan fingerprint density at radius 2 is 1.95 bits per heavy atom. The lowest BCUT2D eigenvalue weighted by atomic mass is 9.82. The highest BCUT2D eigenvalue weighted by molar-refractivity contribution is 9.10. The van der Waals surface area contributed by atoms with Gasteiger partial charge in [-0.2, -0.15) is 0 Å². The molecule has 0 aromatic heterocycles. The van der Waals surface area contributed by atoms with Crippen molar-refractivity contribution in [2.45, 2.75) is 43.4 Å². The Balaban J connectivity index is 1.53. The third-order valence-electron chi connectivity index (χ3n) is 4.31. The fraction of sp³-hybridized carbons (Fsp3) is 0.467. The van der Waals surface area contributed by atoms with E-state index in [1.54, 1.807) is 0 Å². The number of hydrogen-bond acceptors (Lipinski definition) is 6. The minimum absolute atomic E-state index is 0.271. The fourth-order valence-electron chi connectivity index (χ4n) is 3.27. The zero-order valence-electron chi connectivity index (χ0n) is 11.5. The van der Waals surface area contributed by atoms with E-state index in [2.05, 4.69) is 15.9 Å². The van der Waals surface area contributed by atoms with Crippen LogP contribution in [0.25, 0.3) is 0 Å². The van der Waals surface area contributed by atoms with Crippen molar-refractivity contribution in [1.29, 1.82) is 0 Å². The van der Waals surface area contributed by atoms with Crippen molar-refractivity contribution in [2.75, 3.05) is 0 Å². The van der Waals surface area contributed by atoms with Crippen molar-refractivity contribution >= 4 is 28.1 Å². The number of ether oxygens (including phenoxy) is 4. The molecule has 2 aliphatic heterocycles. The average Bonchev–Trinajstić information content (AvgIpc) is 2.97. The van der Waals surface area contributed by atoms with Crippen molar-refractivity contribution in [3.05, 3.63) is 34.3 Å². The molecule has 1 saturated carbocycles. The zero-order valence-corrected chi connectivity index (χ0v) is 13.1. The van der Waals surface area contributed by atoms with Gasteiger partial charge in [-0.3, -0.25) is 0 Å². The SMILES string of the molecule is O=C1O[C@@H]2[C@@H](C[C@]3(OCc4cccc(Br)c4)C[C@H]2OC3=O)O1. The maximum atomic E-state index is 12.2. The summed E-state index contributed by atoms with van der Waals surface area (Å²) in [5.74, 6) is -0.401. The molecule has 3 fully saturated rings. The van der Waals surface area contributed by atoms with E-state index in [9.17, 15) is 9.59 Å². The number of hydrogen-bond donors (Lipinski definition) is 0. The van der Waals surface area contributed by atoms with Gasteiger partial charge < -0.3 is 18.9 Å². The summed E-state index contributed by atoms with van der Waals surface area (Å²) < 4.78 is 22.4. The van der Waals surface area contributed by atoms with E-state index in [1.807, 2.05) is 24.3 Å². The molecule has 0 amide bonds. The maximum absolute atomic E-state index is 12.2. The van der Waals surface area contributed by atoms with E-state index < -0.39 is 36.0 Å². The van der Waals surface area contributed by atoms with Crippen LogP contribution < -0.4 is 0 Å². The molecule has 1 aliphatic carbocycles. The van der Waals surface area contributed by atoms with Crippen LogP contribution in [0.15, 0.2) is 28.7 Å². The summed E-state index contributed by atoms with van der Waals surface area (Å²) >= 11 is 3.40. The monoisotopic (exact) mass is 368 g/mol. The Hall–Kier alpha value is -1.60. The first kappa shape index (κ1) is 14.0. The van der Waals surface area contributed by atoms with Gasteiger partial charge in [0.15, 0.2) is 11.7 Å². The molecule has 4 rings (SSSR count). The van der Waals surface area contributed by atoms with Crippen molar-refractivity contribution in [3.63, 3.8) is 0 Å². The molecular weight excluding hydrogens is 356 g/mol. The van der Waals surface area contributed by atoms with Crippen LogP contribution >= 0.6 is 15.9 Å². The second kappa shape index (κ2) is 4.96. The predicted molar refractivity (Wildman–Crippen MR) is 75.9 cm³/mol. The second-order valence-corrected chi connectivity index (χ2v) is 6.67. The van der Waals surface area contributed by atoms with Gasteiger partial charge >= 0.3 is 12.1 Å². The number of carbonyl (C=O) groups is 2. The number of carbonyl (C=O) groups excluding carboxylic acids is 2. The van der Waals surface area contributed by atoms with E-state index in [1.165, 1.54) is 0 Å². The smallest absolute Gasteiger partial charge is 0.456 e. The standard InChI is InChI=1S/C15H13BrO6/c16-9-3-1-2-8(4-9)7-19-15-5-10(20-13(15)17)12-11(6-15)21-14(18)22-12/h1-4,10-12H,5-7H2/t10-,11-,12+,15-/m1/s1. The molecule has 0 unspecified atom stereocenters. The number of esters is 1. The Morgan fingerprint density at radius 3 is 2.73 bits per heavy atom. The maximum Gasteiger partial charge on any atom is 0.509 e. The van der Waals surface area contributed by atoms with Gasteiger partial charge in [0.05, 0.1) is 6.61 Å². The third-order valence-corrected chi connectivity index (χ3v) is 4.80. The molecule has 3 aliphatic rings. The highest BCUT2D eigenvalue weighted by Crippen LogP contribution is 2.45. The van der Waals surface area contributed by atoms with Gasteiger partial charge in [-0.1, -0.05) is 28.1 Å². The summed E-state index contributed by atoms with van der Waals surface area (Å²) in [5, 5.41) is 0. The predicted octanol–water partition coefficient (Wildman–Crippen LogP) is 2.33. The zero-order chi connectivity index (χ0) is 15.3. The second-order valence-electron chi connectivity index (χ2n) is 5.75. The average molecular weight is 369 g/mol. The molecular formula is C15H13BrO6. The van der Waals surface area contributed by atoms with Crippen LogP contribution in [0, 0.1) is 0 Å². The van der Waals surface area contributed by atoms with E-state index >= 15 is 0 Å². The lowest BCUT2D eigenvalue weighted by molar-refractivity contribution is -0.162. The first-order valence-corrected chi connectivity index (χ1v) is 7.82. The van der Waals surface area contributed by atoms with Crippen molar-refractivity contribution in [3.8, 4) is 0 Å². The molecule has 6 nitrogen and oxygen atoms in total. The van der Waals surface area contributed by atoms with Gasteiger partial charge in [0.25, 0.3) is 0 Å². The topological polar surface area (TPSA) is 71.1 Å². The summed E-state index contributed by atoms with van der Waals surface area (Å²) in [5.41, 5.74) is -0.107. The van der Waals surface area contributed by atoms with E-state index in [-0.39, 0.29) is 13.0 Å². The Labute approximate surface area is 134 Å². The third kappa shape index (κ3) is 2.19. The number of halogens is 1. The van der Waals surface area contributed by atoms with Crippen molar-refractivity contribution < 1.29 is 28.5 Å². The number of rotatable bonds is 3. The minimum atomic E-state index is -1.05. The Bertz CT molecular complexity index is 645. The molecule has 0 spiro atoms. The molecule has 1 aromatic carbocycles. The molecule has 2 bridgehead atoms. The summed E-state index contributed by atoms with van der Waals surface area (Å²) in [6, 6.07) is 7.67. The molecule has 1 aromatic rings. The summed E-state index contributed by atoms with van der Waals surface area (Å²) in [6.07, 6.45) is -1.53. The normalized spacial score (nSPS) is 35.6. The number of fused-ring (bicyclic) bond motifs is 4. The van der Waals surface area contributed by atoms with Crippen LogP contribution in [-0.2, 0) is 30.3 Å². The molecule has 2 heterocycles. The Kier molecular flexibility index (Phi) is 3.16. The van der Waals surface area contributed by atoms with Crippen LogP contribution in [0.5, 0.6) is 0 Å². The van der Waals surface area contributed by atoms with Gasteiger partial charge in [-0.25, -0.2) is 9.59 Å². The van der Waals surface area contributed by atoms with Gasteiger partial charge in [0, 0.05) is 17.3 Å². The molecule has 0 radical (unpaired) electrons. The first-order valence-electron chi connectivity index (χ1n) is 7.02. The van der Waals surface area contributed by atoms with Crippen LogP contribution in [0.1, 0.15) is 18.4 Å². The lowest BCUT2D eigenvalue weighted by Crippen LogP contribution is -2.48. The molecule has 116 valence electrons.